The van der Waals surface area contributed by atoms with Crippen LogP contribution in [-0.2, 0) is 14.3 Å². The maximum Gasteiger partial charge on any atom is 0.202 e. The van der Waals surface area contributed by atoms with Gasteiger partial charge in [-0.15, -0.1) is 0 Å². The molecule has 0 heterocycles. The van der Waals surface area contributed by atoms with Crippen LogP contribution in [0.3, 0.4) is 0 Å². The maximum absolute atomic E-state index is 12.6. The van der Waals surface area contributed by atoms with Gasteiger partial charge in [-0.3, -0.25) is 9.59 Å². The normalized spacial score (nSPS) is 38.0. The van der Waals surface area contributed by atoms with Crippen molar-refractivity contribution in [2.75, 3.05) is 7.11 Å². The molecule has 0 spiro atoms. The summed E-state index contributed by atoms with van der Waals surface area (Å²) < 4.78 is 5.12. The smallest absolute Gasteiger partial charge is 0.202 e. The number of hydrogen-bond donors (Lipinski definition) is 0. The molecular weight excluding hydrogens is 240 g/mol. The number of fused-ring (bicyclic) bond motifs is 3. The third-order valence-electron chi connectivity index (χ3n) is 5.15. The highest BCUT2D eigenvalue weighted by Gasteiger charge is 2.54. The third-order valence-corrected chi connectivity index (χ3v) is 5.15. The Kier molecular flexibility index (Phi) is 2.88. The summed E-state index contributed by atoms with van der Waals surface area (Å²) in [4.78, 5) is 25.0. The predicted molar refractivity (Wildman–Crippen MR) is 71.4 cm³/mol. The Bertz CT molecular complexity index is 500. The first-order valence-corrected chi connectivity index (χ1v) is 7.11. The molecule has 3 aliphatic rings. The second-order valence-corrected chi connectivity index (χ2v) is 6.17. The molecule has 3 rings (SSSR count). The minimum atomic E-state index is -0.551. The zero-order chi connectivity index (χ0) is 13.6. The van der Waals surface area contributed by atoms with Crippen LogP contribution >= 0.6 is 0 Å². The van der Waals surface area contributed by atoms with Crippen molar-refractivity contribution in [3.8, 4) is 0 Å². The van der Waals surface area contributed by atoms with Gasteiger partial charge in [0.25, 0.3) is 0 Å². The second-order valence-electron chi connectivity index (χ2n) is 6.17. The monoisotopic (exact) mass is 260 g/mol. The minimum Gasteiger partial charge on any atom is -0.493 e. The SMILES string of the molecule is COC1=CC(=O)[C@]2(C)CC=C3CCCC[C@@H]3[C@@H]2C1=O. The van der Waals surface area contributed by atoms with Gasteiger partial charge in [-0.25, -0.2) is 0 Å². The highest BCUT2D eigenvalue weighted by atomic mass is 16.5. The van der Waals surface area contributed by atoms with Crippen molar-refractivity contribution in [2.45, 2.75) is 39.0 Å². The maximum atomic E-state index is 12.6. The zero-order valence-corrected chi connectivity index (χ0v) is 11.6. The van der Waals surface area contributed by atoms with E-state index >= 15 is 0 Å². The molecule has 1 fully saturated rings. The Balaban J connectivity index is 2.07. The molecule has 3 heteroatoms. The number of hydrogen-bond acceptors (Lipinski definition) is 3. The van der Waals surface area contributed by atoms with E-state index in [0.717, 1.165) is 19.3 Å². The molecule has 0 N–H and O–H groups in total. The molecule has 3 nitrogen and oxygen atoms in total. The summed E-state index contributed by atoms with van der Waals surface area (Å²) in [6.07, 6.45) is 8.80. The average Bonchev–Trinajstić information content (AvgIpc) is 2.42. The van der Waals surface area contributed by atoms with E-state index in [4.69, 9.17) is 4.74 Å². The number of carbonyl (C=O) groups is 2. The Hall–Kier alpha value is -1.38. The first kappa shape index (κ1) is 12.6. The van der Waals surface area contributed by atoms with Gasteiger partial charge in [0.05, 0.1) is 7.11 Å². The van der Waals surface area contributed by atoms with Crippen LogP contribution in [0.1, 0.15) is 39.0 Å². The first-order chi connectivity index (χ1) is 9.08. The molecule has 1 saturated carbocycles. The number of rotatable bonds is 1. The number of Topliss-reactive ketones (excluding diaryl/α,β-unsaturated/α-hetero) is 1. The van der Waals surface area contributed by atoms with Gasteiger partial charge < -0.3 is 4.74 Å². The van der Waals surface area contributed by atoms with Crippen LogP contribution in [0.2, 0.25) is 0 Å². The van der Waals surface area contributed by atoms with Crippen molar-refractivity contribution < 1.29 is 14.3 Å². The van der Waals surface area contributed by atoms with Crippen LogP contribution in [-0.4, -0.2) is 18.7 Å². The van der Waals surface area contributed by atoms with Gasteiger partial charge in [-0.1, -0.05) is 25.0 Å². The molecule has 3 aliphatic carbocycles. The van der Waals surface area contributed by atoms with Crippen molar-refractivity contribution in [1.82, 2.24) is 0 Å². The van der Waals surface area contributed by atoms with Gasteiger partial charge >= 0.3 is 0 Å². The van der Waals surface area contributed by atoms with Crippen LogP contribution in [0.15, 0.2) is 23.5 Å². The van der Waals surface area contributed by atoms with Gasteiger partial charge in [0.15, 0.2) is 11.5 Å². The molecule has 3 atom stereocenters. The van der Waals surface area contributed by atoms with E-state index in [2.05, 4.69) is 6.08 Å². The van der Waals surface area contributed by atoms with Crippen molar-refractivity contribution in [1.29, 1.82) is 0 Å². The summed E-state index contributed by atoms with van der Waals surface area (Å²) in [6.45, 7) is 1.95. The molecule has 0 aromatic rings. The Morgan fingerprint density at radius 2 is 2.11 bits per heavy atom. The summed E-state index contributed by atoms with van der Waals surface area (Å²) >= 11 is 0. The molecule has 0 aromatic heterocycles. The molecule has 102 valence electrons. The zero-order valence-electron chi connectivity index (χ0n) is 11.6. The van der Waals surface area contributed by atoms with Crippen LogP contribution < -0.4 is 0 Å². The summed E-state index contributed by atoms with van der Waals surface area (Å²) in [7, 11) is 1.47. The summed E-state index contributed by atoms with van der Waals surface area (Å²) in [5.41, 5.74) is 0.845. The lowest BCUT2D eigenvalue weighted by atomic mass is 9.55. The third kappa shape index (κ3) is 1.71. The van der Waals surface area contributed by atoms with E-state index in [1.807, 2.05) is 6.92 Å². The lowest BCUT2D eigenvalue weighted by Gasteiger charge is -2.47. The molecule has 0 radical (unpaired) electrons. The summed E-state index contributed by atoms with van der Waals surface area (Å²) in [5, 5.41) is 0. The van der Waals surface area contributed by atoms with Crippen LogP contribution in [0.4, 0.5) is 0 Å². The molecule has 0 bridgehead atoms. The lowest BCUT2D eigenvalue weighted by Crippen LogP contribution is -2.50. The van der Waals surface area contributed by atoms with E-state index in [1.54, 1.807) is 0 Å². The number of allylic oxidation sites excluding steroid dienone is 4. The molecule has 0 aliphatic heterocycles. The molecule has 19 heavy (non-hydrogen) atoms. The lowest BCUT2D eigenvalue weighted by molar-refractivity contribution is -0.141. The number of carbonyl (C=O) groups excluding carboxylic acids is 2. The van der Waals surface area contributed by atoms with Gasteiger partial charge in [-0.05, 0) is 31.6 Å². The quantitative estimate of drug-likeness (QED) is 0.681. The molecule has 0 saturated heterocycles. The predicted octanol–water partition coefficient (Wildman–Crippen LogP) is 2.81. The van der Waals surface area contributed by atoms with E-state index in [1.165, 1.54) is 25.2 Å². The topological polar surface area (TPSA) is 43.4 Å². The van der Waals surface area contributed by atoms with Gasteiger partial charge in [0.2, 0.25) is 5.78 Å². The van der Waals surface area contributed by atoms with E-state index < -0.39 is 5.41 Å². The Labute approximate surface area is 113 Å². The van der Waals surface area contributed by atoms with Gasteiger partial charge in [0, 0.05) is 17.4 Å². The van der Waals surface area contributed by atoms with E-state index in [0.29, 0.717) is 6.42 Å². The van der Waals surface area contributed by atoms with Crippen LogP contribution in [0, 0.1) is 17.3 Å². The van der Waals surface area contributed by atoms with Crippen molar-refractivity contribution >= 4 is 11.6 Å². The molecular formula is C16H20O3. The minimum absolute atomic E-state index is 0.0297. The summed E-state index contributed by atoms with van der Waals surface area (Å²) in [5.74, 6) is 0.374. The van der Waals surface area contributed by atoms with Gasteiger partial charge in [-0.2, -0.15) is 0 Å². The van der Waals surface area contributed by atoms with Gasteiger partial charge in [0.1, 0.15) is 0 Å². The Morgan fingerprint density at radius 1 is 1.32 bits per heavy atom. The fourth-order valence-electron chi connectivity index (χ4n) is 4.01. The molecule has 0 aromatic carbocycles. The van der Waals surface area contributed by atoms with Crippen molar-refractivity contribution in [2.24, 2.45) is 17.3 Å². The first-order valence-electron chi connectivity index (χ1n) is 7.11. The van der Waals surface area contributed by atoms with E-state index in [-0.39, 0.29) is 29.2 Å². The molecule has 0 unspecified atom stereocenters. The Morgan fingerprint density at radius 3 is 2.84 bits per heavy atom. The molecule has 0 amide bonds. The standard InChI is InChI=1S/C16H20O3/c1-16-8-7-10-5-3-4-6-11(10)14(16)15(18)12(19-2)9-13(16)17/h7,9,11,14H,3-6,8H2,1-2H3/t11-,14+,16-/m0/s1. The second kappa shape index (κ2) is 4.32. The van der Waals surface area contributed by atoms with Crippen molar-refractivity contribution in [3.05, 3.63) is 23.5 Å². The number of ketones is 2. The highest BCUT2D eigenvalue weighted by molar-refractivity contribution is 6.11. The number of methoxy groups -OCH3 is 1. The highest BCUT2D eigenvalue weighted by Crippen LogP contribution is 2.52. The van der Waals surface area contributed by atoms with Crippen LogP contribution in [0.25, 0.3) is 0 Å². The number of ether oxygens (including phenoxy) is 1. The summed E-state index contributed by atoms with van der Waals surface area (Å²) in [6, 6.07) is 0. The fourth-order valence-corrected chi connectivity index (χ4v) is 4.01. The van der Waals surface area contributed by atoms with E-state index in [9.17, 15) is 9.59 Å². The van der Waals surface area contributed by atoms with Crippen LogP contribution in [0.5, 0.6) is 0 Å². The average molecular weight is 260 g/mol. The largest absolute Gasteiger partial charge is 0.493 e. The van der Waals surface area contributed by atoms with Crippen molar-refractivity contribution in [3.63, 3.8) is 0 Å². The fraction of sp³-hybridized carbons (Fsp3) is 0.625.